The molecule has 17 heavy (non-hydrogen) atoms. The molecule has 4 rings (SSSR count). The van der Waals surface area contributed by atoms with Crippen LogP contribution in [0.15, 0.2) is 36.8 Å². The van der Waals surface area contributed by atoms with E-state index in [1.54, 1.807) is 18.6 Å². The van der Waals surface area contributed by atoms with Crippen LogP contribution in [0, 0.1) is 0 Å². The van der Waals surface area contributed by atoms with E-state index in [0.29, 0.717) is 0 Å². The van der Waals surface area contributed by atoms with Gasteiger partial charge in [-0.05, 0) is 18.2 Å². The Bertz CT molecular complexity index is 779. The molecule has 5 nitrogen and oxygen atoms in total. The summed E-state index contributed by atoms with van der Waals surface area (Å²) in [6.45, 7) is 0. The highest BCUT2D eigenvalue weighted by molar-refractivity contribution is 6.21. The van der Waals surface area contributed by atoms with Gasteiger partial charge in [-0.25, -0.2) is 0 Å². The van der Waals surface area contributed by atoms with Gasteiger partial charge in [-0.3, -0.25) is 10.1 Å². The minimum atomic E-state index is 0.854. The fraction of sp³-hybridized carbons (Fsp3) is 0. The predicted octanol–water partition coefficient (Wildman–Crippen LogP) is 2.05. The van der Waals surface area contributed by atoms with Gasteiger partial charge in [-0.1, -0.05) is 0 Å². The maximum atomic E-state index is 4.38. The smallest absolute Gasteiger partial charge is 0.105 e. The Hall–Kier alpha value is -2.56. The molecule has 1 aromatic carbocycles. The van der Waals surface area contributed by atoms with Gasteiger partial charge in [0.25, 0.3) is 0 Å². The van der Waals surface area contributed by atoms with Crippen LogP contribution in [0.5, 0.6) is 0 Å². The van der Waals surface area contributed by atoms with Crippen LogP contribution in [0.4, 0.5) is 0 Å². The molecule has 5 heteroatoms. The molecule has 0 bridgehead atoms. The first-order valence-electron chi connectivity index (χ1n) is 5.26. The van der Waals surface area contributed by atoms with Crippen molar-refractivity contribution in [3.63, 3.8) is 0 Å². The number of aromatic nitrogens is 5. The van der Waals surface area contributed by atoms with E-state index in [2.05, 4.69) is 25.4 Å². The standard InChI is InChI=1S/C12H7N5/c1-4-13-10-7(1)11-9(3-6-15-16-11)12-8(10)2-5-14-17-12/h1-6,16H. The van der Waals surface area contributed by atoms with Crippen molar-refractivity contribution < 1.29 is 0 Å². The molecule has 0 fully saturated rings. The predicted molar refractivity (Wildman–Crippen MR) is 64.5 cm³/mol. The quantitative estimate of drug-likeness (QED) is 0.461. The van der Waals surface area contributed by atoms with Crippen LogP contribution in [-0.4, -0.2) is 25.4 Å². The SMILES string of the molecule is c1cc2c3nccc3c3[nH]nccc3c2nn1. The van der Waals surface area contributed by atoms with Crippen molar-refractivity contribution in [2.24, 2.45) is 0 Å². The summed E-state index contributed by atoms with van der Waals surface area (Å²) in [5.74, 6) is 0. The van der Waals surface area contributed by atoms with Gasteiger partial charge in [0.05, 0.1) is 17.2 Å². The number of fused-ring (bicyclic) bond motifs is 6. The molecule has 0 aliphatic carbocycles. The van der Waals surface area contributed by atoms with Crippen LogP contribution in [0.2, 0.25) is 0 Å². The molecule has 0 aliphatic heterocycles. The van der Waals surface area contributed by atoms with Crippen molar-refractivity contribution in [2.75, 3.05) is 0 Å². The Morgan fingerprint density at radius 2 is 1.65 bits per heavy atom. The van der Waals surface area contributed by atoms with E-state index in [1.807, 2.05) is 18.2 Å². The summed E-state index contributed by atoms with van der Waals surface area (Å²) in [7, 11) is 0. The molecule has 80 valence electrons. The number of nitrogens with zero attached hydrogens (tertiary/aromatic N) is 4. The third kappa shape index (κ3) is 1.02. The molecule has 0 spiro atoms. The van der Waals surface area contributed by atoms with Gasteiger partial charge in [0.2, 0.25) is 0 Å². The lowest BCUT2D eigenvalue weighted by atomic mass is 10.1. The van der Waals surface area contributed by atoms with Crippen molar-refractivity contribution in [2.45, 2.75) is 0 Å². The van der Waals surface area contributed by atoms with Crippen molar-refractivity contribution in [3.05, 3.63) is 36.8 Å². The Balaban J connectivity index is 2.48. The molecule has 3 aromatic heterocycles. The number of hydrogen-bond acceptors (Lipinski definition) is 4. The molecule has 0 atom stereocenters. The topological polar surface area (TPSA) is 67.3 Å². The van der Waals surface area contributed by atoms with E-state index >= 15 is 0 Å². The number of benzene rings is 1. The summed E-state index contributed by atoms with van der Waals surface area (Å²) in [6, 6.07) is 5.86. The summed E-state index contributed by atoms with van der Waals surface area (Å²) in [5, 5.41) is 18.3. The van der Waals surface area contributed by atoms with E-state index in [9.17, 15) is 0 Å². The van der Waals surface area contributed by atoms with Gasteiger partial charge in [0, 0.05) is 28.6 Å². The maximum absolute atomic E-state index is 4.38. The number of H-pyrrole nitrogens is 1. The Morgan fingerprint density at radius 3 is 2.65 bits per heavy atom. The number of aromatic amines is 1. The molecule has 0 saturated heterocycles. The first-order chi connectivity index (χ1) is 8.45. The van der Waals surface area contributed by atoms with Gasteiger partial charge in [0.1, 0.15) is 5.52 Å². The van der Waals surface area contributed by atoms with E-state index in [1.165, 1.54) is 0 Å². The molecule has 1 N–H and O–H groups in total. The van der Waals surface area contributed by atoms with E-state index < -0.39 is 0 Å². The summed E-state index contributed by atoms with van der Waals surface area (Å²) in [4.78, 5) is 4.38. The van der Waals surface area contributed by atoms with Crippen LogP contribution < -0.4 is 0 Å². The first-order valence-corrected chi connectivity index (χ1v) is 5.26. The number of nitrogens with one attached hydrogen (secondary N) is 1. The minimum Gasteiger partial charge on any atom is -0.277 e. The number of hydrogen-bond donors (Lipinski definition) is 1. The van der Waals surface area contributed by atoms with Gasteiger partial charge in [-0.15, -0.1) is 5.10 Å². The fourth-order valence-corrected chi connectivity index (χ4v) is 2.23. The second kappa shape index (κ2) is 2.98. The Labute approximate surface area is 95.5 Å². The van der Waals surface area contributed by atoms with Crippen molar-refractivity contribution in [1.29, 1.82) is 0 Å². The lowest BCUT2D eigenvalue weighted by Gasteiger charge is -2.03. The molecule has 4 aromatic rings. The zero-order chi connectivity index (χ0) is 11.2. The second-order valence-corrected chi connectivity index (χ2v) is 3.85. The van der Waals surface area contributed by atoms with E-state index in [4.69, 9.17) is 0 Å². The average molecular weight is 221 g/mol. The van der Waals surface area contributed by atoms with Crippen molar-refractivity contribution in [1.82, 2.24) is 25.4 Å². The molecule has 0 amide bonds. The minimum absolute atomic E-state index is 0.854. The zero-order valence-electron chi connectivity index (χ0n) is 8.75. The zero-order valence-corrected chi connectivity index (χ0v) is 8.75. The van der Waals surface area contributed by atoms with Crippen LogP contribution in [0.1, 0.15) is 0 Å². The van der Waals surface area contributed by atoms with Gasteiger partial charge in [-0.2, -0.15) is 10.2 Å². The molecule has 0 aliphatic rings. The number of rotatable bonds is 0. The largest absolute Gasteiger partial charge is 0.277 e. The maximum Gasteiger partial charge on any atom is 0.105 e. The van der Waals surface area contributed by atoms with Crippen LogP contribution in [0.3, 0.4) is 0 Å². The summed E-state index contributed by atoms with van der Waals surface area (Å²) < 4.78 is 0. The monoisotopic (exact) mass is 221 g/mol. The molecular formula is C12H7N5. The van der Waals surface area contributed by atoms with Gasteiger partial charge < -0.3 is 0 Å². The van der Waals surface area contributed by atoms with Crippen LogP contribution >= 0.6 is 0 Å². The second-order valence-electron chi connectivity index (χ2n) is 3.85. The summed E-state index contributed by atoms with van der Waals surface area (Å²) in [5.41, 5.74) is 2.74. The molecule has 0 saturated carbocycles. The molecule has 3 heterocycles. The summed E-state index contributed by atoms with van der Waals surface area (Å²) >= 11 is 0. The lowest BCUT2D eigenvalue weighted by molar-refractivity contribution is 1.07. The van der Waals surface area contributed by atoms with Gasteiger partial charge >= 0.3 is 0 Å². The highest BCUT2D eigenvalue weighted by Gasteiger charge is 2.10. The Kier molecular flexibility index (Phi) is 1.50. The third-order valence-electron chi connectivity index (χ3n) is 2.96. The highest BCUT2D eigenvalue weighted by atomic mass is 15.1. The van der Waals surface area contributed by atoms with Crippen LogP contribution in [-0.2, 0) is 0 Å². The normalized spacial score (nSPS) is 11.5. The van der Waals surface area contributed by atoms with Crippen LogP contribution in [0.25, 0.3) is 32.7 Å². The van der Waals surface area contributed by atoms with Crippen molar-refractivity contribution in [3.8, 4) is 0 Å². The molecular weight excluding hydrogens is 214 g/mol. The molecule has 0 unspecified atom stereocenters. The fourth-order valence-electron chi connectivity index (χ4n) is 2.23. The third-order valence-corrected chi connectivity index (χ3v) is 2.96. The first kappa shape index (κ1) is 8.58. The highest BCUT2D eigenvalue weighted by Crippen LogP contribution is 2.30. The van der Waals surface area contributed by atoms with Gasteiger partial charge in [0.15, 0.2) is 0 Å². The summed E-state index contributed by atoms with van der Waals surface area (Å²) in [6.07, 6.45) is 5.21. The van der Waals surface area contributed by atoms with Crippen molar-refractivity contribution >= 4 is 32.7 Å². The van der Waals surface area contributed by atoms with E-state index in [0.717, 1.165) is 32.7 Å². The average Bonchev–Trinajstić information content (AvgIpc) is 2.89. The Morgan fingerprint density at radius 1 is 0.824 bits per heavy atom. The molecule has 0 radical (unpaired) electrons. The van der Waals surface area contributed by atoms with E-state index in [-0.39, 0.29) is 0 Å². The lowest BCUT2D eigenvalue weighted by Crippen LogP contribution is -1.89.